The van der Waals surface area contributed by atoms with Crippen LogP contribution in [0.2, 0.25) is 0 Å². The van der Waals surface area contributed by atoms with Crippen molar-refractivity contribution in [3.05, 3.63) is 29.8 Å². The Morgan fingerprint density at radius 2 is 1.92 bits per heavy atom. The molecule has 2 aliphatic rings. The molecule has 0 radical (unpaired) electrons. The van der Waals surface area contributed by atoms with Gasteiger partial charge in [-0.1, -0.05) is 31.0 Å². The van der Waals surface area contributed by atoms with Crippen molar-refractivity contribution in [2.45, 2.75) is 57.5 Å². The summed E-state index contributed by atoms with van der Waals surface area (Å²) < 4.78 is 5.33. The van der Waals surface area contributed by atoms with E-state index in [0.29, 0.717) is 19.0 Å². The van der Waals surface area contributed by atoms with Gasteiger partial charge in [0.05, 0.1) is 12.5 Å². The van der Waals surface area contributed by atoms with Crippen molar-refractivity contribution in [1.82, 2.24) is 10.6 Å². The van der Waals surface area contributed by atoms with Gasteiger partial charge in [0.15, 0.2) is 0 Å². The van der Waals surface area contributed by atoms with E-state index in [2.05, 4.69) is 10.6 Å². The number of rotatable bonds is 7. The Morgan fingerprint density at radius 1 is 1.21 bits per heavy atom. The molecule has 2 amide bonds. The number of benzene rings is 1. The fourth-order valence-electron chi connectivity index (χ4n) is 3.56. The van der Waals surface area contributed by atoms with E-state index in [0.717, 1.165) is 49.8 Å². The first-order valence-corrected chi connectivity index (χ1v) is 8.82. The highest BCUT2D eigenvalue weighted by atomic mass is 16.5. The first-order valence-electron chi connectivity index (χ1n) is 8.82. The van der Waals surface area contributed by atoms with Crippen LogP contribution in [0, 0.1) is 5.41 Å². The highest BCUT2D eigenvalue weighted by Crippen LogP contribution is 2.41. The number of amides is 2. The van der Waals surface area contributed by atoms with Gasteiger partial charge in [-0.2, -0.15) is 0 Å². The van der Waals surface area contributed by atoms with E-state index < -0.39 is 5.41 Å². The molecule has 5 nitrogen and oxygen atoms in total. The molecule has 3 rings (SSSR count). The first-order chi connectivity index (χ1) is 11.6. The van der Waals surface area contributed by atoms with Gasteiger partial charge in [-0.15, -0.1) is 0 Å². The second-order valence-electron chi connectivity index (χ2n) is 7.00. The second kappa shape index (κ2) is 7.24. The maximum atomic E-state index is 12.8. The highest BCUT2D eigenvalue weighted by Gasteiger charge is 2.43. The number of hydrogen-bond acceptors (Lipinski definition) is 3. The van der Waals surface area contributed by atoms with Crippen LogP contribution in [0.25, 0.3) is 0 Å². The Balaban J connectivity index is 1.62. The normalized spacial score (nSPS) is 18.9. The average Bonchev–Trinajstić information content (AvgIpc) is 3.27. The smallest absolute Gasteiger partial charge is 0.227 e. The number of nitrogens with one attached hydrogen (secondary N) is 2. The molecule has 2 N–H and O–H groups in total. The van der Waals surface area contributed by atoms with Crippen LogP contribution in [0.5, 0.6) is 5.75 Å². The molecule has 0 atom stereocenters. The largest absolute Gasteiger partial charge is 0.496 e. The second-order valence-corrected chi connectivity index (χ2v) is 7.00. The van der Waals surface area contributed by atoms with Crippen LogP contribution in [0.4, 0.5) is 0 Å². The molecule has 0 aliphatic heterocycles. The zero-order valence-electron chi connectivity index (χ0n) is 14.3. The average molecular weight is 330 g/mol. The molecule has 2 fully saturated rings. The zero-order chi connectivity index (χ0) is 17.0. The lowest BCUT2D eigenvalue weighted by molar-refractivity contribution is -0.136. The van der Waals surface area contributed by atoms with E-state index in [4.69, 9.17) is 4.74 Å². The van der Waals surface area contributed by atoms with E-state index in [1.54, 1.807) is 7.11 Å². The number of methoxy groups -OCH3 is 1. The lowest BCUT2D eigenvalue weighted by atomic mass is 9.81. The van der Waals surface area contributed by atoms with Crippen LogP contribution in [0.3, 0.4) is 0 Å². The van der Waals surface area contributed by atoms with Crippen LogP contribution in [0.1, 0.15) is 50.5 Å². The van der Waals surface area contributed by atoms with Gasteiger partial charge < -0.3 is 15.4 Å². The molecule has 0 aromatic heterocycles. The van der Waals surface area contributed by atoms with Crippen LogP contribution < -0.4 is 15.4 Å². The quantitative estimate of drug-likeness (QED) is 0.807. The lowest BCUT2D eigenvalue weighted by Gasteiger charge is -2.27. The van der Waals surface area contributed by atoms with E-state index in [-0.39, 0.29) is 11.8 Å². The van der Waals surface area contributed by atoms with E-state index in [1.165, 1.54) is 0 Å². The van der Waals surface area contributed by atoms with E-state index >= 15 is 0 Å². The summed E-state index contributed by atoms with van der Waals surface area (Å²) in [5.41, 5.74) is 0.407. The Hall–Kier alpha value is -2.04. The third-order valence-electron chi connectivity index (χ3n) is 5.12. The summed E-state index contributed by atoms with van der Waals surface area (Å²) in [7, 11) is 1.63. The summed E-state index contributed by atoms with van der Waals surface area (Å²) in [6.45, 7) is 0.425. The minimum atomic E-state index is -0.541. The van der Waals surface area contributed by atoms with Crippen LogP contribution >= 0.6 is 0 Å². The predicted octanol–water partition coefficient (Wildman–Crippen LogP) is 2.54. The van der Waals surface area contributed by atoms with Gasteiger partial charge in [0, 0.05) is 24.6 Å². The topological polar surface area (TPSA) is 67.4 Å². The summed E-state index contributed by atoms with van der Waals surface area (Å²) in [6.07, 6.45) is 6.06. The third-order valence-corrected chi connectivity index (χ3v) is 5.12. The lowest BCUT2D eigenvalue weighted by Crippen LogP contribution is -2.42. The van der Waals surface area contributed by atoms with Gasteiger partial charge in [0.2, 0.25) is 11.8 Å². The van der Waals surface area contributed by atoms with Gasteiger partial charge in [0.25, 0.3) is 0 Å². The fraction of sp³-hybridized carbons (Fsp3) is 0.579. The number of carbonyl (C=O) groups excluding carboxylic acids is 2. The number of para-hydroxylation sites is 1. The number of ether oxygens (including phenoxy) is 1. The molecule has 2 saturated carbocycles. The molecule has 0 heterocycles. The maximum absolute atomic E-state index is 12.8. The molecule has 0 bridgehead atoms. The molecule has 0 saturated heterocycles. The minimum Gasteiger partial charge on any atom is -0.496 e. The molecule has 0 spiro atoms. The number of carbonyl (C=O) groups is 2. The predicted molar refractivity (Wildman–Crippen MR) is 91.5 cm³/mol. The van der Waals surface area contributed by atoms with Crippen LogP contribution in [-0.4, -0.2) is 25.0 Å². The minimum absolute atomic E-state index is 0.00291. The monoisotopic (exact) mass is 330 g/mol. The van der Waals surface area contributed by atoms with Crippen molar-refractivity contribution >= 4 is 11.8 Å². The van der Waals surface area contributed by atoms with Crippen molar-refractivity contribution in [3.63, 3.8) is 0 Å². The molecule has 1 aromatic rings. The van der Waals surface area contributed by atoms with Gasteiger partial charge in [-0.3, -0.25) is 9.59 Å². The standard InChI is InChI=1S/C19H26N2O3/c1-24-16-7-3-2-6-14(16)13-20-18(23)19(10-4-5-11-19)12-17(22)21-15-8-9-15/h2-3,6-7,15H,4-5,8-13H2,1H3,(H,20,23)(H,21,22). The Kier molecular flexibility index (Phi) is 5.07. The Labute approximate surface area is 143 Å². The van der Waals surface area contributed by atoms with Crippen molar-refractivity contribution in [2.75, 3.05) is 7.11 Å². The van der Waals surface area contributed by atoms with Crippen molar-refractivity contribution in [2.24, 2.45) is 5.41 Å². The van der Waals surface area contributed by atoms with Gasteiger partial charge in [-0.25, -0.2) is 0 Å². The van der Waals surface area contributed by atoms with Crippen molar-refractivity contribution in [3.8, 4) is 5.75 Å². The fourth-order valence-corrected chi connectivity index (χ4v) is 3.56. The van der Waals surface area contributed by atoms with Gasteiger partial charge >= 0.3 is 0 Å². The summed E-state index contributed by atoms with van der Waals surface area (Å²) in [4.78, 5) is 25.1. The molecule has 1 aromatic carbocycles. The Bertz CT molecular complexity index is 604. The highest BCUT2D eigenvalue weighted by molar-refractivity contribution is 5.89. The van der Waals surface area contributed by atoms with Gasteiger partial charge in [0.1, 0.15) is 5.75 Å². The first kappa shape index (κ1) is 16.8. The molecule has 5 heteroatoms. The van der Waals surface area contributed by atoms with Gasteiger partial charge in [-0.05, 0) is 31.7 Å². The zero-order valence-corrected chi connectivity index (χ0v) is 14.3. The maximum Gasteiger partial charge on any atom is 0.227 e. The summed E-state index contributed by atoms with van der Waals surface area (Å²) in [6, 6.07) is 8.01. The molecular formula is C19H26N2O3. The number of hydrogen-bond donors (Lipinski definition) is 2. The summed E-state index contributed by atoms with van der Waals surface area (Å²) in [5, 5.41) is 6.05. The molecule has 24 heavy (non-hydrogen) atoms. The summed E-state index contributed by atoms with van der Waals surface area (Å²) in [5.74, 6) is 0.786. The Morgan fingerprint density at radius 3 is 2.58 bits per heavy atom. The van der Waals surface area contributed by atoms with Crippen LogP contribution in [-0.2, 0) is 16.1 Å². The van der Waals surface area contributed by atoms with Crippen LogP contribution in [0.15, 0.2) is 24.3 Å². The molecular weight excluding hydrogens is 304 g/mol. The van der Waals surface area contributed by atoms with E-state index in [9.17, 15) is 9.59 Å². The third kappa shape index (κ3) is 3.89. The SMILES string of the molecule is COc1ccccc1CNC(=O)C1(CC(=O)NC2CC2)CCCC1. The van der Waals surface area contributed by atoms with Crippen molar-refractivity contribution in [1.29, 1.82) is 0 Å². The molecule has 0 unspecified atom stereocenters. The summed E-state index contributed by atoms with van der Waals surface area (Å²) >= 11 is 0. The van der Waals surface area contributed by atoms with E-state index in [1.807, 2.05) is 24.3 Å². The molecule has 130 valence electrons. The molecule has 2 aliphatic carbocycles. The van der Waals surface area contributed by atoms with Crippen molar-refractivity contribution < 1.29 is 14.3 Å².